The zero-order valence-corrected chi connectivity index (χ0v) is 12.1. The molecule has 1 aliphatic rings. The first kappa shape index (κ1) is 14.5. The molecule has 0 saturated carbocycles. The van der Waals surface area contributed by atoms with Gasteiger partial charge in [-0.05, 0) is 49.9 Å². The molecule has 0 aliphatic carbocycles. The molecule has 0 aromatic carbocycles. The van der Waals surface area contributed by atoms with Crippen molar-refractivity contribution in [2.75, 3.05) is 19.6 Å². The van der Waals surface area contributed by atoms with Gasteiger partial charge in [0.15, 0.2) is 0 Å². The van der Waals surface area contributed by atoms with Gasteiger partial charge in [-0.15, -0.1) is 0 Å². The molecule has 3 nitrogen and oxygen atoms in total. The van der Waals surface area contributed by atoms with Crippen LogP contribution in [-0.4, -0.2) is 29.5 Å². The van der Waals surface area contributed by atoms with Crippen molar-refractivity contribution in [1.29, 1.82) is 0 Å². The second kappa shape index (κ2) is 7.61. The van der Waals surface area contributed by atoms with Crippen LogP contribution in [0.15, 0.2) is 24.5 Å². The molecule has 1 aromatic rings. The molecule has 106 valence electrons. The number of pyridine rings is 1. The van der Waals surface area contributed by atoms with Gasteiger partial charge in [0.2, 0.25) is 0 Å². The number of nitrogens with zero attached hydrogens (tertiary/aromatic N) is 2. The first-order valence-corrected chi connectivity index (χ1v) is 7.69. The Labute approximate surface area is 117 Å². The topological polar surface area (TPSA) is 42.1 Å². The highest BCUT2D eigenvalue weighted by Crippen LogP contribution is 2.27. The van der Waals surface area contributed by atoms with Gasteiger partial charge in [0, 0.05) is 25.0 Å². The van der Waals surface area contributed by atoms with Crippen LogP contribution in [-0.2, 0) is 0 Å². The van der Waals surface area contributed by atoms with Crippen LogP contribution in [0.5, 0.6) is 0 Å². The Kier molecular flexibility index (Phi) is 5.80. The molecule has 19 heavy (non-hydrogen) atoms. The van der Waals surface area contributed by atoms with Crippen molar-refractivity contribution in [1.82, 2.24) is 9.88 Å². The molecule has 3 heteroatoms. The summed E-state index contributed by atoms with van der Waals surface area (Å²) in [4.78, 5) is 6.80. The maximum Gasteiger partial charge on any atom is 0.0485 e. The minimum atomic E-state index is 0.342. The molecule has 2 N–H and O–H groups in total. The van der Waals surface area contributed by atoms with Gasteiger partial charge in [0.05, 0.1) is 0 Å². The predicted octanol–water partition coefficient (Wildman–Crippen LogP) is 2.98. The van der Waals surface area contributed by atoms with Crippen molar-refractivity contribution in [3.05, 3.63) is 30.1 Å². The van der Waals surface area contributed by atoms with Crippen LogP contribution in [0.4, 0.5) is 0 Å². The van der Waals surface area contributed by atoms with Crippen LogP contribution in [0.25, 0.3) is 0 Å². The number of likely N-dealkylation sites (tertiary alicyclic amines) is 1. The number of rotatable bonds is 5. The molecule has 0 amide bonds. The van der Waals surface area contributed by atoms with Crippen molar-refractivity contribution in [3.63, 3.8) is 0 Å². The third-order valence-electron chi connectivity index (χ3n) is 4.31. The van der Waals surface area contributed by atoms with E-state index in [4.69, 9.17) is 5.73 Å². The third kappa shape index (κ3) is 4.02. The Morgan fingerprint density at radius 2 is 2.32 bits per heavy atom. The van der Waals surface area contributed by atoms with Gasteiger partial charge < -0.3 is 5.73 Å². The molecule has 1 aliphatic heterocycles. The van der Waals surface area contributed by atoms with Crippen LogP contribution in [0.2, 0.25) is 0 Å². The minimum absolute atomic E-state index is 0.342. The van der Waals surface area contributed by atoms with Crippen LogP contribution in [0, 0.1) is 5.92 Å². The number of hydrogen-bond acceptors (Lipinski definition) is 3. The maximum atomic E-state index is 6.01. The maximum absolute atomic E-state index is 6.01. The zero-order chi connectivity index (χ0) is 13.5. The fourth-order valence-electron chi connectivity index (χ4n) is 3.27. The Morgan fingerprint density at radius 3 is 3.00 bits per heavy atom. The Hall–Kier alpha value is -0.930. The summed E-state index contributed by atoms with van der Waals surface area (Å²) in [6, 6.07) is 4.50. The molecule has 2 heterocycles. The fraction of sp³-hybridized carbons (Fsp3) is 0.688. The summed E-state index contributed by atoms with van der Waals surface area (Å²) in [5, 5.41) is 0. The summed E-state index contributed by atoms with van der Waals surface area (Å²) in [5.74, 6) is 0.919. The molecule has 0 bridgehead atoms. The van der Waals surface area contributed by atoms with E-state index in [-0.39, 0.29) is 0 Å². The van der Waals surface area contributed by atoms with Gasteiger partial charge in [0.25, 0.3) is 0 Å². The highest BCUT2D eigenvalue weighted by Gasteiger charge is 2.23. The summed E-state index contributed by atoms with van der Waals surface area (Å²) in [6.07, 6.45) is 10.5. The van der Waals surface area contributed by atoms with E-state index in [1.807, 2.05) is 18.5 Å². The van der Waals surface area contributed by atoms with Crippen molar-refractivity contribution < 1.29 is 0 Å². The minimum Gasteiger partial charge on any atom is -0.329 e. The standard InChI is InChI=1S/C16H27N3/c1-2-5-14-6-4-10-19(11-8-14)16(12-17)15-7-3-9-18-13-15/h3,7,9,13-14,16H,2,4-6,8,10-12,17H2,1H3. The zero-order valence-electron chi connectivity index (χ0n) is 12.1. The largest absolute Gasteiger partial charge is 0.329 e. The lowest BCUT2D eigenvalue weighted by Gasteiger charge is -2.29. The van der Waals surface area contributed by atoms with E-state index in [0.29, 0.717) is 12.6 Å². The highest BCUT2D eigenvalue weighted by molar-refractivity contribution is 5.14. The SMILES string of the molecule is CCCC1CCCN(C(CN)c2cccnc2)CC1. The van der Waals surface area contributed by atoms with Gasteiger partial charge in [-0.25, -0.2) is 0 Å². The highest BCUT2D eigenvalue weighted by atomic mass is 15.2. The Bertz CT molecular complexity index is 352. The molecule has 1 saturated heterocycles. The molecule has 2 atom stereocenters. The third-order valence-corrected chi connectivity index (χ3v) is 4.31. The lowest BCUT2D eigenvalue weighted by molar-refractivity contribution is 0.206. The molecule has 1 fully saturated rings. The number of aromatic nitrogens is 1. The first-order valence-electron chi connectivity index (χ1n) is 7.69. The quantitative estimate of drug-likeness (QED) is 0.886. The smallest absolute Gasteiger partial charge is 0.0485 e. The predicted molar refractivity (Wildman–Crippen MR) is 79.9 cm³/mol. The van der Waals surface area contributed by atoms with Gasteiger partial charge in [-0.1, -0.05) is 25.8 Å². The first-order chi connectivity index (χ1) is 9.35. The van der Waals surface area contributed by atoms with Crippen molar-refractivity contribution >= 4 is 0 Å². The van der Waals surface area contributed by atoms with Crippen molar-refractivity contribution in [3.8, 4) is 0 Å². The Morgan fingerprint density at radius 1 is 1.42 bits per heavy atom. The van der Waals surface area contributed by atoms with E-state index in [1.54, 1.807) is 0 Å². The monoisotopic (exact) mass is 261 g/mol. The van der Waals surface area contributed by atoms with Crippen LogP contribution >= 0.6 is 0 Å². The van der Waals surface area contributed by atoms with E-state index >= 15 is 0 Å². The van der Waals surface area contributed by atoms with E-state index in [9.17, 15) is 0 Å². The second-order valence-corrected chi connectivity index (χ2v) is 5.66. The van der Waals surface area contributed by atoms with E-state index < -0.39 is 0 Å². The molecule has 1 aromatic heterocycles. The molecule has 2 rings (SSSR count). The average molecular weight is 261 g/mol. The van der Waals surface area contributed by atoms with Gasteiger partial charge in [0.1, 0.15) is 0 Å². The van der Waals surface area contributed by atoms with Gasteiger partial charge >= 0.3 is 0 Å². The van der Waals surface area contributed by atoms with Gasteiger partial charge in [-0.3, -0.25) is 9.88 Å². The molecular weight excluding hydrogens is 234 g/mol. The number of nitrogens with two attached hydrogens (primary N) is 1. The fourth-order valence-corrected chi connectivity index (χ4v) is 3.27. The van der Waals surface area contributed by atoms with Crippen LogP contribution in [0.3, 0.4) is 0 Å². The van der Waals surface area contributed by atoms with E-state index in [1.165, 1.54) is 50.8 Å². The van der Waals surface area contributed by atoms with Crippen molar-refractivity contribution in [2.24, 2.45) is 11.7 Å². The van der Waals surface area contributed by atoms with Crippen LogP contribution in [0.1, 0.15) is 50.6 Å². The lowest BCUT2D eigenvalue weighted by Crippen LogP contribution is -2.34. The average Bonchev–Trinajstić information content (AvgIpc) is 2.68. The van der Waals surface area contributed by atoms with Crippen LogP contribution < -0.4 is 5.73 Å². The Balaban J connectivity index is 1.99. The van der Waals surface area contributed by atoms with Gasteiger partial charge in [-0.2, -0.15) is 0 Å². The summed E-state index contributed by atoms with van der Waals surface area (Å²) in [5.41, 5.74) is 7.27. The summed E-state index contributed by atoms with van der Waals surface area (Å²) in [7, 11) is 0. The van der Waals surface area contributed by atoms with E-state index in [2.05, 4.69) is 22.9 Å². The summed E-state index contributed by atoms with van der Waals surface area (Å²) in [6.45, 7) is 5.34. The normalized spacial score (nSPS) is 22.9. The molecule has 0 spiro atoms. The molecule has 2 unspecified atom stereocenters. The molecule has 0 radical (unpaired) electrons. The molecular formula is C16H27N3. The second-order valence-electron chi connectivity index (χ2n) is 5.66. The number of hydrogen-bond donors (Lipinski definition) is 1. The van der Waals surface area contributed by atoms with Crippen molar-refractivity contribution in [2.45, 2.75) is 45.1 Å². The summed E-state index contributed by atoms with van der Waals surface area (Å²) < 4.78 is 0. The van der Waals surface area contributed by atoms with E-state index in [0.717, 1.165) is 5.92 Å². The summed E-state index contributed by atoms with van der Waals surface area (Å²) >= 11 is 0. The lowest BCUT2D eigenvalue weighted by atomic mass is 9.96.